The third-order valence-electron chi connectivity index (χ3n) is 8.81. The highest BCUT2D eigenvalue weighted by Crippen LogP contribution is 2.69. The molecule has 1 aliphatic carbocycles. The van der Waals surface area contributed by atoms with Gasteiger partial charge in [0.25, 0.3) is 0 Å². The fraction of sp³-hybridized carbons (Fsp3) is 0.229. The Morgan fingerprint density at radius 2 is 1.17 bits per heavy atom. The molecule has 1 aliphatic heterocycles. The maximum absolute atomic E-state index is 15.5. The lowest BCUT2D eigenvalue weighted by atomic mass is 9.89. The van der Waals surface area contributed by atoms with E-state index >= 15 is 4.89 Å². The first kappa shape index (κ1) is 26.4. The maximum atomic E-state index is 15.5. The lowest BCUT2D eigenvalue weighted by molar-refractivity contribution is -0.192. The fourth-order valence-corrected chi connectivity index (χ4v) is 9.62. The molecule has 1 saturated carbocycles. The van der Waals surface area contributed by atoms with Crippen LogP contribution in [-0.2, 0) is 13.1 Å². The van der Waals surface area contributed by atoms with Crippen LogP contribution in [0.5, 0.6) is 0 Å². The number of fused-ring (bicyclic) bond motifs is 3. The fourth-order valence-electron chi connectivity index (χ4n) is 6.80. The van der Waals surface area contributed by atoms with E-state index in [4.69, 9.17) is 4.76 Å². The SMILES string of the molecule is [O-][P+]1(/N=C/c2ccccc2F)N(Cc2cccc3ccccc23)[C@@H]2CCCC[C@H]2N1Cc1cccc2ccccc12. The summed E-state index contributed by atoms with van der Waals surface area (Å²) < 4.78 is 23.9. The Hall–Kier alpha value is -3.47. The molecule has 0 N–H and O–H groups in total. The van der Waals surface area contributed by atoms with Gasteiger partial charge in [0.05, 0.1) is 31.4 Å². The van der Waals surface area contributed by atoms with E-state index in [2.05, 4.69) is 94.3 Å². The molecule has 7 rings (SSSR count). The molecule has 5 aromatic rings. The molecule has 1 saturated heterocycles. The van der Waals surface area contributed by atoms with E-state index in [0.717, 1.165) is 36.8 Å². The maximum Gasteiger partial charge on any atom is 0.238 e. The van der Waals surface area contributed by atoms with E-state index in [9.17, 15) is 4.39 Å². The van der Waals surface area contributed by atoms with Crippen LogP contribution >= 0.6 is 7.94 Å². The number of hydrogen-bond donors (Lipinski definition) is 0. The van der Waals surface area contributed by atoms with Crippen LogP contribution in [0.3, 0.4) is 0 Å². The average molecular weight is 562 g/mol. The van der Waals surface area contributed by atoms with Gasteiger partial charge in [-0.25, -0.2) is 4.39 Å². The molecule has 206 valence electrons. The second kappa shape index (κ2) is 11.1. The zero-order valence-electron chi connectivity index (χ0n) is 22.9. The average Bonchev–Trinajstić information content (AvgIpc) is 3.24. The summed E-state index contributed by atoms with van der Waals surface area (Å²) in [7, 11) is -3.50. The minimum Gasteiger partial charge on any atom is -0.630 e. The standard InChI is InChI=1S/C35H33FN3OP/c36-33-20-6-3-13-28(33)23-37-41(40)38(24-29-16-9-14-26-11-1-4-18-31(26)29)34-21-7-8-22-35(34)39(41)25-30-17-10-15-27-12-2-5-19-32(27)30/h1-6,9-20,23,34-35H,7-8,21-22,24-25H2/b37-23+/t34-,35-/m1/s1. The molecule has 0 unspecified atom stereocenters. The third-order valence-corrected chi connectivity index (χ3v) is 11.4. The summed E-state index contributed by atoms with van der Waals surface area (Å²) in [5, 5.41) is 4.67. The van der Waals surface area contributed by atoms with Crippen molar-refractivity contribution in [2.45, 2.75) is 50.9 Å². The minimum absolute atomic E-state index is 0.112. The van der Waals surface area contributed by atoms with Crippen LogP contribution in [-0.4, -0.2) is 27.6 Å². The van der Waals surface area contributed by atoms with Crippen LogP contribution in [0.1, 0.15) is 42.4 Å². The molecule has 6 heteroatoms. The Bertz CT molecular complexity index is 1630. The summed E-state index contributed by atoms with van der Waals surface area (Å²) in [5.41, 5.74) is 2.63. The van der Waals surface area contributed by atoms with Crippen molar-refractivity contribution in [2.24, 2.45) is 4.76 Å². The van der Waals surface area contributed by atoms with E-state index in [0.29, 0.717) is 18.7 Å². The van der Waals surface area contributed by atoms with Crippen LogP contribution in [0, 0.1) is 5.82 Å². The number of rotatable bonds is 6. The van der Waals surface area contributed by atoms with Gasteiger partial charge >= 0.3 is 0 Å². The predicted molar refractivity (Wildman–Crippen MR) is 166 cm³/mol. The highest BCUT2D eigenvalue weighted by molar-refractivity contribution is 7.63. The number of nitrogens with zero attached hydrogens (tertiary/aromatic N) is 3. The molecule has 1 heterocycles. The van der Waals surface area contributed by atoms with E-state index in [1.165, 1.54) is 33.8 Å². The van der Waals surface area contributed by atoms with Gasteiger partial charge in [0.15, 0.2) is 0 Å². The first-order valence-electron chi connectivity index (χ1n) is 14.5. The van der Waals surface area contributed by atoms with Gasteiger partial charge in [-0.05, 0) is 51.6 Å². The van der Waals surface area contributed by atoms with Crippen molar-refractivity contribution in [1.82, 2.24) is 9.34 Å². The molecule has 5 aromatic carbocycles. The Morgan fingerprint density at radius 1 is 0.683 bits per heavy atom. The zero-order valence-corrected chi connectivity index (χ0v) is 23.8. The van der Waals surface area contributed by atoms with Crippen LogP contribution in [0.2, 0.25) is 0 Å². The Balaban J connectivity index is 1.35. The smallest absolute Gasteiger partial charge is 0.238 e. The minimum atomic E-state index is -3.50. The van der Waals surface area contributed by atoms with Crippen molar-refractivity contribution in [1.29, 1.82) is 0 Å². The Kier molecular flexibility index (Phi) is 7.14. The highest BCUT2D eigenvalue weighted by Gasteiger charge is 2.59. The van der Waals surface area contributed by atoms with Crippen molar-refractivity contribution >= 4 is 35.7 Å². The summed E-state index contributed by atoms with van der Waals surface area (Å²) in [6.45, 7) is 1.06. The van der Waals surface area contributed by atoms with Crippen molar-refractivity contribution in [2.75, 3.05) is 0 Å². The number of hydrogen-bond acceptors (Lipinski definition) is 4. The highest BCUT2D eigenvalue weighted by atomic mass is 31.2. The summed E-state index contributed by atoms with van der Waals surface area (Å²) in [4.78, 5) is 15.5. The topological polar surface area (TPSA) is 41.9 Å². The van der Waals surface area contributed by atoms with Gasteiger partial charge in [0.2, 0.25) is 7.94 Å². The monoisotopic (exact) mass is 561 g/mol. The van der Waals surface area contributed by atoms with Gasteiger partial charge in [0.1, 0.15) is 5.82 Å². The molecule has 0 spiro atoms. The molecule has 2 fully saturated rings. The van der Waals surface area contributed by atoms with Crippen molar-refractivity contribution in [3.05, 3.63) is 132 Å². The summed E-state index contributed by atoms with van der Waals surface area (Å²) in [5.74, 6) is -0.360. The van der Waals surface area contributed by atoms with Gasteiger partial charge in [-0.1, -0.05) is 116 Å². The van der Waals surface area contributed by atoms with Gasteiger partial charge in [0, 0.05) is 5.56 Å². The quantitative estimate of drug-likeness (QED) is 0.156. The molecule has 2 aliphatic rings. The summed E-state index contributed by atoms with van der Waals surface area (Å²) >= 11 is 0. The predicted octanol–water partition coefficient (Wildman–Crippen LogP) is 7.92. The summed E-state index contributed by atoms with van der Waals surface area (Å²) in [6.07, 6.45) is 5.65. The van der Waals surface area contributed by atoms with E-state index in [1.807, 2.05) is 0 Å². The third kappa shape index (κ3) is 4.87. The van der Waals surface area contributed by atoms with Crippen LogP contribution < -0.4 is 4.89 Å². The van der Waals surface area contributed by atoms with Crippen LogP contribution in [0.15, 0.2) is 114 Å². The molecule has 0 bridgehead atoms. The van der Waals surface area contributed by atoms with Crippen molar-refractivity contribution in [3.8, 4) is 0 Å². The number of halogens is 1. The van der Waals surface area contributed by atoms with Gasteiger partial charge in [-0.3, -0.25) is 0 Å². The first-order chi connectivity index (χ1) is 20.1. The molecule has 41 heavy (non-hydrogen) atoms. The summed E-state index contributed by atoms with van der Waals surface area (Å²) in [6, 6.07) is 36.2. The lowest BCUT2D eigenvalue weighted by Crippen LogP contribution is -2.39. The Morgan fingerprint density at radius 3 is 1.73 bits per heavy atom. The first-order valence-corrected chi connectivity index (χ1v) is 16.1. The van der Waals surface area contributed by atoms with Gasteiger partial charge in [-0.2, -0.15) is 0 Å². The van der Waals surface area contributed by atoms with E-state index in [-0.39, 0.29) is 17.9 Å². The molecular weight excluding hydrogens is 528 g/mol. The van der Waals surface area contributed by atoms with E-state index in [1.54, 1.807) is 18.2 Å². The van der Waals surface area contributed by atoms with Crippen LogP contribution in [0.25, 0.3) is 21.5 Å². The van der Waals surface area contributed by atoms with E-state index < -0.39 is 7.94 Å². The lowest BCUT2D eigenvalue weighted by Gasteiger charge is -2.36. The molecule has 4 nitrogen and oxygen atoms in total. The molecular formula is C35H33FN3OP. The molecule has 0 aromatic heterocycles. The second-order valence-corrected chi connectivity index (χ2v) is 13.5. The number of benzene rings is 5. The molecule has 2 atom stereocenters. The van der Waals surface area contributed by atoms with Crippen molar-refractivity contribution in [3.63, 3.8) is 0 Å². The van der Waals surface area contributed by atoms with Gasteiger partial charge < -0.3 is 4.89 Å². The second-order valence-electron chi connectivity index (χ2n) is 11.2. The Labute approximate surface area is 241 Å². The largest absolute Gasteiger partial charge is 0.630 e. The van der Waals surface area contributed by atoms with Crippen molar-refractivity contribution < 1.29 is 9.28 Å². The normalized spacial score (nSPS) is 21.1. The van der Waals surface area contributed by atoms with Gasteiger partial charge in [-0.15, -0.1) is 14.1 Å². The molecule has 0 radical (unpaired) electrons. The molecule has 0 amide bonds. The van der Waals surface area contributed by atoms with Crippen LogP contribution in [0.4, 0.5) is 4.39 Å². The zero-order chi connectivity index (χ0) is 27.8.